The first-order chi connectivity index (χ1) is 11.6. The van der Waals surface area contributed by atoms with E-state index in [0.717, 1.165) is 6.26 Å². The Labute approximate surface area is 146 Å². The third-order valence-corrected chi connectivity index (χ3v) is 4.23. The first kappa shape index (κ1) is 18.5. The van der Waals surface area contributed by atoms with Gasteiger partial charge in [0.25, 0.3) is 5.91 Å². The van der Waals surface area contributed by atoms with Crippen LogP contribution in [0.4, 0.5) is 11.4 Å². The molecule has 25 heavy (non-hydrogen) atoms. The van der Waals surface area contributed by atoms with E-state index in [9.17, 15) is 18.0 Å². The van der Waals surface area contributed by atoms with Gasteiger partial charge >= 0.3 is 0 Å². The van der Waals surface area contributed by atoms with Gasteiger partial charge in [0.15, 0.2) is 0 Å². The van der Waals surface area contributed by atoms with Crippen LogP contribution in [0.3, 0.4) is 0 Å². The zero-order chi connectivity index (χ0) is 18.8. The summed E-state index contributed by atoms with van der Waals surface area (Å²) in [5.41, 5.74) is 7.94. The maximum absolute atomic E-state index is 12.5. The van der Waals surface area contributed by atoms with Gasteiger partial charge in [-0.05, 0) is 49.2 Å². The summed E-state index contributed by atoms with van der Waals surface area (Å²) < 4.78 is 25.2. The highest BCUT2D eigenvalue weighted by molar-refractivity contribution is 7.92. The summed E-state index contributed by atoms with van der Waals surface area (Å²) in [4.78, 5) is 23.9. The Morgan fingerprint density at radius 3 is 2.32 bits per heavy atom. The van der Waals surface area contributed by atoms with Crippen molar-refractivity contribution in [1.82, 2.24) is 0 Å². The molecule has 0 saturated carbocycles. The van der Waals surface area contributed by atoms with E-state index in [1.54, 1.807) is 44.2 Å². The zero-order valence-corrected chi connectivity index (χ0v) is 14.9. The van der Waals surface area contributed by atoms with Gasteiger partial charge in [-0.15, -0.1) is 0 Å². The van der Waals surface area contributed by atoms with E-state index in [0.29, 0.717) is 28.1 Å². The second-order valence-electron chi connectivity index (χ2n) is 5.70. The Hall–Kier alpha value is -2.87. The van der Waals surface area contributed by atoms with Gasteiger partial charge in [-0.25, -0.2) is 8.42 Å². The van der Waals surface area contributed by atoms with Crippen LogP contribution in [-0.4, -0.2) is 26.5 Å². The minimum absolute atomic E-state index is 0.278. The van der Waals surface area contributed by atoms with Crippen LogP contribution in [0.2, 0.25) is 0 Å². The Morgan fingerprint density at radius 2 is 1.72 bits per heavy atom. The van der Waals surface area contributed by atoms with E-state index < -0.39 is 21.8 Å². The molecule has 0 aliphatic rings. The molecule has 132 valence electrons. The second-order valence-corrected chi connectivity index (χ2v) is 7.45. The standard InChI is InChI=1S/C17H19N3O4S/c1-10-7-8-12(9-15(10)20-25(3,23)24)17(22)19-14-6-4-5-13(11(14)2)16(18)21/h4-9,20H,1-3H3,(H2,18,21)(H,19,22). The molecule has 8 heteroatoms. The molecule has 0 unspecified atom stereocenters. The first-order valence-electron chi connectivity index (χ1n) is 7.37. The normalized spacial score (nSPS) is 11.0. The maximum atomic E-state index is 12.5. The Morgan fingerprint density at radius 1 is 1.04 bits per heavy atom. The van der Waals surface area contributed by atoms with Crippen LogP contribution in [0.1, 0.15) is 31.8 Å². The number of carbonyl (C=O) groups is 2. The fourth-order valence-corrected chi connectivity index (χ4v) is 2.92. The number of hydrogen-bond acceptors (Lipinski definition) is 4. The Balaban J connectivity index is 2.32. The monoisotopic (exact) mass is 361 g/mol. The van der Waals surface area contributed by atoms with Crippen LogP contribution < -0.4 is 15.8 Å². The number of hydrogen-bond donors (Lipinski definition) is 3. The highest BCUT2D eigenvalue weighted by Crippen LogP contribution is 2.22. The lowest BCUT2D eigenvalue weighted by atomic mass is 10.1. The number of nitrogens with two attached hydrogens (primary N) is 1. The molecule has 2 amide bonds. The molecule has 0 fully saturated rings. The van der Waals surface area contributed by atoms with Gasteiger partial charge in [-0.1, -0.05) is 12.1 Å². The van der Waals surface area contributed by atoms with E-state index in [4.69, 9.17) is 5.73 Å². The molecular weight excluding hydrogens is 342 g/mol. The van der Waals surface area contributed by atoms with Crippen molar-refractivity contribution in [3.05, 3.63) is 58.7 Å². The number of benzene rings is 2. The van der Waals surface area contributed by atoms with Crippen molar-refractivity contribution in [2.24, 2.45) is 5.73 Å². The van der Waals surface area contributed by atoms with E-state index in [-0.39, 0.29) is 5.56 Å². The van der Waals surface area contributed by atoms with Crippen molar-refractivity contribution in [2.75, 3.05) is 16.3 Å². The molecule has 2 rings (SSSR count). The fraction of sp³-hybridized carbons (Fsp3) is 0.176. The highest BCUT2D eigenvalue weighted by atomic mass is 32.2. The molecule has 0 saturated heterocycles. The van der Waals surface area contributed by atoms with Crippen LogP contribution >= 0.6 is 0 Å². The lowest BCUT2D eigenvalue weighted by Gasteiger charge is -2.13. The smallest absolute Gasteiger partial charge is 0.255 e. The fourth-order valence-electron chi connectivity index (χ4n) is 2.31. The molecule has 0 spiro atoms. The van der Waals surface area contributed by atoms with E-state index >= 15 is 0 Å². The first-order valence-corrected chi connectivity index (χ1v) is 9.27. The van der Waals surface area contributed by atoms with Crippen molar-refractivity contribution in [3.8, 4) is 0 Å². The molecule has 0 bridgehead atoms. The van der Waals surface area contributed by atoms with Crippen LogP contribution in [0.5, 0.6) is 0 Å². The van der Waals surface area contributed by atoms with Crippen LogP contribution in [0.15, 0.2) is 36.4 Å². The van der Waals surface area contributed by atoms with Crippen LogP contribution in [0.25, 0.3) is 0 Å². The molecule has 0 heterocycles. The zero-order valence-electron chi connectivity index (χ0n) is 14.1. The molecule has 0 aliphatic heterocycles. The third-order valence-electron chi connectivity index (χ3n) is 3.64. The predicted octanol–water partition coefficient (Wildman–Crippen LogP) is 2.03. The number of rotatable bonds is 5. The third kappa shape index (κ3) is 4.57. The van der Waals surface area contributed by atoms with Crippen molar-refractivity contribution in [3.63, 3.8) is 0 Å². The minimum Gasteiger partial charge on any atom is -0.366 e. The van der Waals surface area contributed by atoms with Gasteiger partial charge in [-0.3, -0.25) is 14.3 Å². The maximum Gasteiger partial charge on any atom is 0.255 e. The molecule has 2 aromatic carbocycles. The summed E-state index contributed by atoms with van der Waals surface area (Å²) >= 11 is 0. The summed E-state index contributed by atoms with van der Waals surface area (Å²) in [6.07, 6.45) is 1.04. The molecule has 0 aliphatic carbocycles. The number of aryl methyl sites for hydroxylation is 1. The SMILES string of the molecule is Cc1ccc(C(=O)Nc2cccc(C(N)=O)c2C)cc1NS(C)(=O)=O. The van der Waals surface area contributed by atoms with Gasteiger partial charge in [0.2, 0.25) is 15.9 Å². The van der Waals surface area contributed by atoms with Crippen molar-refractivity contribution >= 4 is 33.2 Å². The van der Waals surface area contributed by atoms with E-state index in [1.165, 1.54) is 6.07 Å². The molecular formula is C17H19N3O4S. The second kappa shape index (κ2) is 6.94. The topological polar surface area (TPSA) is 118 Å². The summed E-state index contributed by atoms with van der Waals surface area (Å²) in [5.74, 6) is -1.01. The van der Waals surface area contributed by atoms with E-state index in [2.05, 4.69) is 10.0 Å². The van der Waals surface area contributed by atoms with Gasteiger partial charge in [-0.2, -0.15) is 0 Å². The van der Waals surface area contributed by atoms with Crippen LogP contribution in [0, 0.1) is 13.8 Å². The van der Waals surface area contributed by atoms with Crippen molar-refractivity contribution in [1.29, 1.82) is 0 Å². The molecule has 4 N–H and O–H groups in total. The number of nitrogens with one attached hydrogen (secondary N) is 2. The summed E-state index contributed by atoms with van der Waals surface area (Å²) in [5, 5.41) is 2.71. The lowest BCUT2D eigenvalue weighted by molar-refractivity contribution is 0.0995. The summed E-state index contributed by atoms with van der Waals surface area (Å²) in [7, 11) is -3.46. The predicted molar refractivity (Wildman–Crippen MR) is 97.3 cm³/mol. The molecule has 0 atom stereocenters. The van der Waals surface area contributed by atoms with Gasteiger partial charge in [0, 0.05) is 16.8 Å². The highest BCUT2D eigenvalue weighted by Gasteiger charge is 2.14. The number of carbonyl (C=O) groups excluding carboxylic acids is 2. The molecule has 0 radical (unpaired) electrons. The number of sulfonamides is 1. The van der Waals surface area contributed by atoms with Crippen molar-refractivity contribution in [2.45, 2.75) is 13.8 Å². The summed E-state index contributed by atoms with van der Waals surface area (Å²) in [6, 6.07) is 9.55. The minimum atomic E-state index is -3.46. The average molecular weight is 361 g/mol. The molecule has 0 aromatic heterocycles. The van der Waals surface area contributed by atoms with Gasteiger partial charge in [0.1, 0.15) is 0 Å². The van der Waals surface area contributed by atoms with Gasteiger partial charge < -0.3 is 11.1 Å². The number of primary amides is 1. The Kier molecular flexibility index (Phi) is 5.13. The lowest BCUT2D eigenvalue weighted by Crippen LogP contribution is -2.17. The average Bonchev–Trinajstić information content (AvgIpc) is 2.49. The Bertz CT molecular complexity index is 952. The van der Waals surface area contributed by atoms with Crippen LogP contribution in [-0.2, 0) is 10.0 Å². The van der Waals surface area contributed by atoms with Crippen molar-refractivity contribution < 1.29 is 18.0 Å². The quantitative estimate of drug-likeness (QED) is 0.755. The molecule has 2 aromatic rings. The molecule has 7 nitrogen and oxygen atoms in total. The van der Waals surface area contributed by atoms with E-state index in [1.807, 2.05) is 0 Å². The number of amides is 2. The number of anilines is 2. The summed E-state index contributed by atoms with van der Waals surface area (Å²) in [6.45, 7) is 3.41. The van der Waals surface area contributed by atoms with Gasteiger partial charge in [0.05, 0.1) is 11.9 Å². The largest absolute Gasteiger partial charge is 0.366 e.